The number of aliphatic hydroxyl groups is 1. The Hall–Kier alpha value is -2.11. The van der Waals surface area contributed by atoms with E-state index in [-0.39, 0.29) is 12.3 Å². The zero-order valence-electron chi connectivity index (χ0n) is 11.4. The van der Waals surface area contributed by atoms with Gasteiger partial charge in [0.2, 0.25) is 5.91 Å². The van der Waals surface area contributed by atoms with Gasteiger partial charge in [0.1, 0.15) is 11.4 Å². The van der Waals surface area contributed by atoms with Crippen LogP contribution in [0.25, 0.3) is 0 Å². The number of carbonyl (C=O) groups excluding carboxylic acids is 1. The van der Waals surface area contributed by atoms with E-state index >= 15 is 0 Å². The highest BCUT2D eigenvalue weighted by atomic mass is 35.5. The van der Waals surface area contributed by atoms with Gasteiger partial charge in [-0.05, 0) is 17.7 Å². The zero-order chi connectivity index (χ0) is 15.2. The van der Waals surface area contributed by atoms with Crippen molar-refractivity contribution in [2.45, 2.75) is 12.5 Å². The maximum Gasteiger partial charge on any atom is 0.227 e. The fourth-order valence-corrected chi connectivity index (χ4v) is 1.96. The number of nitrogens with zero attached hydrogens (tertiary/aromatic N) is 1. The lowest BCUT2D eigenvalue weighted by Crippen LogP contribution is -2.16. The largest absolute Gasteiger partial charge is 0.494 e. The SMILES string of the molecule is COc1ccncc1NC(=O)CC(O)c1ccc(Cl)cc1. The number of ether oxygens (including phenoxy) is 1. The number of aromatic nitrogens is 1. The summed E-state index contributed by atoms with van der Waals surface area (Å²) in [7, 11) is 1.51. The van der Waals surface area contributed by atoms with Crippen molar-refractivity contribution in [3.8, 4) is 5.75 Å². The van der Waals surface area contributed by atoms with Gasteiger partial charge in [-0.3, -0.25) is 9.78 Å². The van der Waals surface area contributed by atoms with Crippen molar-refractivity contribution in [2.75, 3.05) is 12.4 Å². The molecule has 0 aliphatic heterocycles. The van der Waals surface area contributed by atoms with E-state index in [9.17, 15) is 9.90 Å². The van der Waals surface area contributed by atoms with E-state index < -0.39 is 6.10 Å². The number of anilines is 1. The van der Waals surface area contributed by atoms with Crippen molar-refractivity contribution in [1.29, 1.82) is 0 Å². The molecule has 1 aromatic heterocycles. The van der Waals surface area contributed by atoms with Gasteiger partial charge in [-0.25, -0.2) is 0 Å². The summed E-state index contributed by atoms with van der Waals surface area (Å²) in [6.07, 6.45) is 2.09. The molecule has 1 atom stereocenters. The van der Waals surface area contributed by atoms with E-state index in [0.29, 0.717) is 22.0 Å². The quantitative estimate of drug-likeness (QED) is 0.891. The molecule has 1 amide bonds. The van der Waals surface area contributed by atoms with Crippen LogP contribution in [-0.2, 0) is 4.79 Å². The molecule has 0 radical (unpaired) electrons. The minimum absolute atomic E-state index is 0.0698. The molecule has 2 aromatic rings. The van der Waals surface area contributed by atoms with Crippen LogP contribution in [0, 0.1) is 0 Å². The van der Waals surface area contributed by atoms with Crippen LogP contribution in [0.15, 0.2) is 42.7 Å². The van der Waals surface area contributed by atoms with Gasteiger partial charge in [-0.2, -0.15) is 0 Å². The maximum absolute atomic E-state index is 12.0. The second-order valence-corrected chi connectivity index (χ2v) is 4.83. The fourth-order valence-electron chi connectivity index (χ4n) is 1.83. The number of pyridine rings is 1. The van der Waals surface area contributed by atoms with Crippen molar-refractivity contribution < 1.29 is 14.6 Å². The molecule has 0 spiro atoms. The molecule has 0 bridgehead atoms. The molecule has 0 aliphatic carbocycles. The van der Waals surface area contributed by atoms with Crippen LogP contribution in [0.4, 0.5) is 5.69 Å². The van der Waals surface area contributed by atoms with Crippen LogP contribution < -0.4 is 10.1 Å². The molecule has 0 saturated carbocycles. The summed E-state index contributed by atoms with van der Waals surface area (Å²) in [6, 6.07) is 8.35. The van der Waals surface area contributed by atoms with Gasteiger partial charge in [0.25, 0.3) is 0 Å². The highest BCUT2D eigenvalue weighted by molar-refractivity contribution is 6.30. The Morgan fingerprint density at radius 2 is 2.10 bits per heavy atom. The third kappa shape index (κ3) is 4.18. The second-order valence-electron chi connectivity index (χ2n) is 4.40. The van der Waals surface area contributed by atoms with Crippen LogP contribution >= 0.6 is 11.6 Å². The van der Waals surface area contributed by atoms with E-state index in [1.165, 1.54) is 13.3 Å². The lowest BCUT2D eigenvalue weighted by molar-refractivity contribution is -0.118. The van der Waals surface area contributed by atoms with Crippen LogP contribution in [0.2, 0.25) is 5.02 Å². The van der Waals surface area contributed by atoms with Crippen molar-refractivity contribution in [2.24, 2.45) is 0 Å². The zero-order valence-corrected chi connectivity index (χ0v) is 12.2. The number of amides is 1. The first-order valence-corrected chi connectivity index (χ1v) is 6.69. The van der Waals surface area contributed by atoms with Gasteiger partial charge in [-0.1, -0.05) is 23.7 Å². The Bertz CT molecular complexity index is 617. The molecule has 1 heterocycles. The number of benzene rings is 1. The summed E-state index contributed by atoms with van der Waals surface area (Å²) < 4.78 is 5.12. The van der Waals surface area contributed by atoms with Crippen molar-refractivity contribution in [3.63, 3.8) is 0 Å². The van der Waals surface area contributed by atoms with Gasteiger partial charge in [0.15, 0.2) is 0 Å². The fraction of sp³-hybridized carbons (Fsp3) is 0.200. The highest BCUT2D eigenvalue weighted by Crippen LogP contribution is 2.24. The molecule has 5 nitrogen and oxygen atoms in total. The highest BCUT2D eigenvalue weighted by Gasteiger charge is 2.14. The first-order chi connectivity index (χ1) is 10.1. The van der Waals surface area contributed by atoms with Crippen LogP contribution in [-0.4, -0.2) is 23.1 Å². The summed E-state index contributed by atoms with van der Waals surface area (Å²) in [6.45, 7) is 0. The van der Waals surface area contributed by atoms with E-state index in [2.05, 4.69) is 10.3 Å². The smallest absolute Gasteiger partial charge is 0.227 e. The topological polar surface area (TPSA) is 71.5 Å². The molecule has 6 heteroatoms. The summed E-state index contributed by atoms with van der Waals surface area (Å²) in [5.74, 6) is 0.183. The molecule has 2 rings (SSSR count). The average molecular weight is 307 g/mol. The van der Waals surface area contributed by atoms with E-state index in [4.69, 9.17) is 16.3 Å². The van der Waals surface area contributed by atoms with Crippen molar-refractivity contribution in [3.05, 3.63) is 53.3 Å². The number of carbonyl (C=O) groups is 1. The third-order valence-electron chi connectivity index (χ3n) is 2.91. The number of hydrogen-bond donors (Lipinski definition) is 2. The number of halogens is 1. The van der Waals surface area contributed by atoms with Crippen LogP contribution in [0.5, 0.6) is 5.75 Å². The molecular formula is C15H15ClN2O3. The van der Waals surface area contributed by atoms with Crippen LogP contribution in [0.1, 0.15) is 18.1 Å². The van der Waals surface area contributed by atoms with E-state index in [0.717, 1.165) is 0 Å². The van der Waals surface area contributed by atoms with E-state index in [1.807, 2.05) is 0 Å². The Labute approximate surface area is 127 Å². The maximum atomic E-state index is 12.0. The summed E-state index contributed by atoms with van der Waals surface area (Å²) in [5.41, 5.74) is 1.10. The molecule has 2 N–H and O–H groups in total. The molecular weight excluding hydrogens is 292 g/mol. The van der Waals surface area contributed by atoms with Gasteiger partial charge in [-0.15, -0.1) is 0 Å². The second kappa shape index (κ2) is 7.06. The minimum atomic E-state index is -0.898. The monoisotopic (exact) mass is 306 g/mol. The summed E-state index contributed by atoms with van der Waals surface area (Å²) >= 11 is 5.78. The summed E-state index contributed by atoms with van der Waals surface area (Å²) in [5, 5.41) is 13.3. The van der Waals surface area contributed by atoms with Gasteiger partial charge >= 0.3 is 0 Å². The third-order valence-corrected chi connectivity index (χ3v) is 3.16. The molecule has 110 valence electrons. The standard InChI is InChI=1S/C15H15ClN2O3/c1-21-14-6-7-17-9-12(14)18-15(20)8-13(19)10-2-4-11(16)5-3-10/h2-7,9,13,19H,8H2,1H3,(H,18,20). The van der Waals surface area contributed by atoms with Crippen molar-refractivity contribution >= 4 is 23.2 Å². The Balaban J connectivity index is 1.99. The summed E-state index contributed by atoms with van der Waals surface area (Å²) in [4.78, 5) is 15.9. The Morgan fingerprint density at radius 1 is 1.38 bits per heavy atom. The molecule has 0 aliphatic rings. The lowest BCUT2D eigenvalue weighted by Gasteiger charge is -2.12. The molecule has 1 aromatic carbocycles. The first-order valence-electron chi connectivity index (χ1n) is 6.31. The molecule has 21 heavy (non-hydrogen) atoms. The van der Waals surface area contributed by atoms with Gasteiger partial charge in [0.05, 0.1) is 25.8 Å². The predicted octanol–water partition coefficient (Wildman–Crippen LogP) is 2.81. The van der Waals surface area contributed by atoms with Crippen molar-refractivity contribution in [1.82, 2.24) is 4.98 Å². The number of hydrogen-bond acceptors (Lipinski definition) is 4. The number of rotatable bonds is 5. The minimum Gasteiger partial charge on any atom is -0.494 e. The number of aliphatic hydroxyl groups excluding tert-OH is 1. The Morgan fingerprint density at radius 3 is 2.76 bits per heavy atom. The van der Waals surface area contributed by atoms with Gasteiger partial charge in [0, 0.05) is 17.3 Å². The molecule has 0 fully saturated rings. The lowest BCUT2D eigenvalue weighted by atomic mass is 10.1. The van der Waals surface area contributed by atoms with E-state index in [1.54, 1.807) is 36.5 Å². The Kier molecular flexibility index (Phi) is 5.14. The predicted molar refractivity (Wildman–Crippen MR) is 80.4 cm³/mol. The molecule has 0 saturated heterocycles. The normalized spacial score (nSPS) is 11.8. The number of nitrogens with one attached hydrogen (secondary N) is 1. The number of methoxy groups -OCH3 is 1. The van der Waals surface area contributed by atoms with Crippen LogP contribution in [0.3, 0.4) is 0 Å². The average Bonchev–Trinajstić information content (AvgIpc) is 2.48. The molecule has 1 unspecified atom stereocenters. The first kappa shape index (κ1) is 15.3. The van der Waals surface area contributed by atoms with Gasteiger partial charge < -0.3 is 15.2 Å².